The van der Waals surface area contributed by atoms with Crippen molar-refractivity contribution in [1.29, 1.82) is 0 Å². The Labute approximate surface area is 108 Å². The van der Waals surface area contributed by atoms with Gasteiger partial charge in [0.2, 0.25) is 0 Å². The zero-order valence-electron chi connectivity index (χ0n) is 10.7. The van der Waals surface area contributed by atoms with Crippen molar-refractivity contribution in [1.82, 2.24) is 5.32 Å². The summed E-state index contributed by atoms with van der Waals surface area (Å²) >= 11 is 0. The summed E-state index contributed by atoms with van der Waals surface area (Å²) in [5.41, 5.74) is 2.35. The molecule has 1 N–H and O–H groups in total. The van der Waals surface area contributed by atoms with Crippen molar-refractivity contribution in [3.8, 4) is 0 Å². The highest BCUT2D eigenvalue weighted by Crippen LogP contribution is 2.17. The molecule has 1 unspecified atom stereocenters. The Morgan fingerprint density at radius 2 is 2.17 bits per heavy atom. The molecular weight excluding hydrogens is 226 g/mol. The van der Waals surface area contributed by atoms with Gasteiger partial charge in [-0.1, -0.05) is 42.0 Å². The van der Waals surface area contributed by atoms with Crippen LogP contribution >= 0.6 is 0 Å². The van der Waals surface area contributed by atoms with Crippen LogP contribution in [0.5, 0.6) is 0 Å². The molecule has 1 atom stereocenters. The molecule has 0 heterocycles. The van der Waals surface area contributed by atoms with Crippen molar-refractivity contribution in [2.45, 2.75) is 38.8 Å². The minimum atomic E-state index is -0.321. The Balaban J connectivity index is 1.74. The van der Waals surface area contributed by atoms with Crippen molar-refractivity contribution in [3.05, 3.63) is 47.5 Å². The Kier molecular flexibility index (Phi) is 4.40. The van der Waals surface area contributed by atoms with Gasteiger partial charge < -0.3 is 10.1 Å². The number of benzene rings is 1. The Morgan fingerprint density at radius 3 is 2.89 bits per heavy atom. The molecule has 0 radical (unpaired) electrons. The normalized spacial score (nSPS) is 18.9. The number of allylic oxidation sites excluding steroid dienone is 1. The van der Waals surface area contributed by atoms with E-state index in [1.807, 2.05) is 30.3 Å². The van der Waals surface area contributed by atoms with E-state index >= 15 is 0 Å². The topological polar surface area (TPSA) is 38.3 Å². The van der Waals surface area contributed by atoms with Gasteiger partial charge in [-0.25, -0.2) is 4.79 Å². The molecule has 1 aliphatic carbocycles. The molecule has 1 aromatic carbocycles. The highest BCUT2D eigenvalue weighted by atomic mass is 16.5. The molecule has 0 saturated carbocycles. The first-order valence-corrected chi connectivity index (χ1v) is 6.37. The first kappa shape index (κ1) is 12.7. The number of alkyl carbamates (subject to hydrolysis) is 1. The molecule has 1 amide bonds. The Morgan fingerprint density at radius 1 is 1.39 bits per heavy atom. The number of rotatable bonds is 3. The predicted octanol–water partition coefficient (Wildman–Crippen LogP) is 3.41. The van der Waals surface area contributed by atoms with E-state index in [9.17, 15) is 4.79 Å². The maximum absolute atomic E-state index is 11.6. The minimum Gasteiger partial charge on any atom is -0.445 e. The molecule has 3 heteroatoms. The van der Waals surface area contributed by atoms with Crippen LogP contribution < -0.4 is 5.32 Å². The number of ether oxygens (including phenoxy) is 1. The van der Waals surface area contributed by atoms with E-state index in [-0.39, 0.29) is 12.1 Å². The monoisotopic (exact) mass is 245 g/mol. The second-order valence-corrected chi connectivity index (χ2v) is 4.73. The molecule has 96 valence electrons. The zero-order chi connectivity index (χ0) is 12.8. The quantitative estimate of drug-likeness (QED) is 0.829. The summed E-state index contributed by atoms with van der Waals surface area (Å²) in [5.74, 6) is 0. The second kappa shape index (κ2) is 6.24. The van der Waals surface area contributed by atoms with Crippen LogP contribution in [0.15, 0.2) is 42.0 Å². The summed E-state index contributed by atoms with van der Waals surface area (Å²) in [6.45, 7) is 2.43. The number of hydrogen-bond donors (Lipinski definition) is 1. The van der Waals surface area contributed by atoms with Crippen LogP contribution in [0.4, 0.5) is 4.79 Å². The van der Waals surface area contributed by atoms with Crippen LogP contribution in [-0.4, -0.2) is 12.1 Å². The molecule has 18 heavy (non-hydrogen) atoms. The number of nitrogens with one attached hydrogen (secondary N) is 1. The van der Waals surface area contributed by atoms with Crippen LogP contribution in [0.25, 0.3) is 0 Å². The van der Waals surface area contributed by atoms with Gasteiger partial charge >= 0.3 is 6.09 Å². The van der Waals surface area contributed by atoms with Crippen molar-refractivity contribution in [2.24, 2.45) is 0 Å². The van der Waals surface area contributed by atoms with E-state index in [0.29, 0.717) is 6.61 Å². The number of amides is 1. The van der Waals surface area contributed by atoms with Crippen molar-refractivity contribution in [2.75, 3.05) is 0 Å². The molecule has 0 aromatic heterocycles. The summed E-state index contributed by atoms with van der Waals surface area (Å²) in [6.07, 6.45) is 4.87. The van der Waals surface area contributed by atoms with Gasteiger partial charge in [0.25, 0.3) is 0 Å². The first-order chi connectivity index (χ1) is 8.74. The van der Waals surface area contributed by atoms with Crippen molar-refractivity contribution >= 4 is 6.09 Å². The zero-order valence-corrected chi connectivity index (χ0v) is 10.7. The van der Waals surface area contributed by atoms with Gasteiger partial charge in [0.1, 0.15) is 6.61 Å². The predicted molar refractivity (Wildman–Crippen MR) is 71.2 cm³/mol. The summed E-state index contributed by atoms with van der Waals surface area (Å²) in [5, 5.41) is 2.92. The van der Waals surface area contributed by atoms with Gasteiger partial charge in [0.15, 0.2) is 0 Å². The summed E-state index contributed by atoms with van der Waals surface area (Å²) < 4.78 is 5.20. The first-order valence-electron chi connectivity index (χ1n) is 6.37. The lowest BCUT2D eigenvalue weighted by molar-refractivity contribution is 0.135. The molecule has 0 bridgehead atoms. The third kappa shape index (κ3) is 3.91. The summed E-state index contributed by atoms with van der Waals surface area (Å²) in [6, 6.07) is 9.93. The lowest BCUT2D eigenvalue weighted by Crippen LogP contribution is -2.36. The number of hydrogen-bond acceptors (Lipinski definition) is 2. The number of carbonyl (C=O) groups excluding carboxylic acids is 1. The summed E-state index contributed by atoms with van der Waals surface area (Å²) in [4.78, 5) is 11.6. The van der Waals surface area contributed by atoms with Gasteiger partial charge in [-0.2, -0.15) is 0 Å². The Hall–Kier alpha value is -1.77. The van der Waals surface area contributed by atoms with Gasteiger partial charge in [0, 0.05) is 6.04 Å². The average Bonchev–Trinajstić information content (AvgIpc) is 2.38. The van der Waals surface area contributed by atoms with E-state index in [4.69, 9.17) is 4.74 Å². The Bertz CT molecular complexity index is 425. The van der Waals surface area contributed by atoms with Crippen LogP contribution in [0.1, 0.15) is 31.7 Å². The minimum absolute atomic E-state index is 0.221. The average molecular weight is 245 g/mol. The fraction of sp³-hybridized carbons (Fsp3) is 0.400. The second-order valence-electron chi connectivity index (χ2n) is 4.73. The maximum atomic E-state index is 11.6. The molecule has 1 aromatic rings. The maximum Gasteiger partial charge on any atom is 0.407 e. The van der Waals surface area contributed by atoms with Gasteiger partial charge in [-0.05, 0) is 31.7 Å². The van der Waals surface area contributed by atoms with E-state index in [2.05, 4.69) is 18.3 Å². The lowest BCUT2D eigenvalue weighted by atomic mass is 9.96. The van der Waals surface area contributed by atoms with Crippen LogP contribution in [0.2, 0.25) is 0 Å². The smallest absolute Gasteiger partial charge is 0.407 e. The fourth-order valence-corrected chi connectivity index (χ4v) is 2.16. The lowest BCUT2D eigenvalue weighted by Gasteiger charge is -2.21. The highest BCUT2D eigenvalue weighted by Gasteiger charge is 2.16. The van der Waals surface area contributed by atoms with Gasteiger partial charge in [-0.3, -0.25) is 0 Å². The van der Waals surface area contributed by atoms with Crippen molar-refractivity contribution in [3.63, 3.8) is 0 Å². The molecule has 0 aliphatic heterocycles. The SMILES string of the molecule is CC1=CCCC(NC(=O)OCc2ccccc2)C1. The van der Waals surface area contributed by atoms with Crippen LogP contribution in [0, 0.1) is 0 Å². The third-order valence-electron chi connectivity index (χ3n) is 3.11. The highest BCUT2D eigenvalue weighted by molar-refractivity contribution is 5.67. The molecule has 0 spiro atoms. The van der Waals surface area contributed by atoms with Crippen LogP contribution in [0.3, 0.4) is 0 Å². The molecule has 1 aliphatic rings. The third-order valence-corrected chi connectivity index (χ3v) is 3.11. The molecule has 3 nitrogen and oxygen atoms in total. The van der Waals surface area contributed by atoms with Crippen LogP contribution in [-0.2, 0) is 11.3 Å². The van der Waals surface area contributed by atoms with Gasteiger partial charge in [0.05, 0.1) is 0 Å². The van der Waals surface area contributed by atoms with E-state index in [1.165, 1.54) is 5.57 Å². The number of carbonyl (C=O) groups is 1. The summed E-state index contributed by atoms with van der Waals surface area (Å²) in [7, 11) is 0. The molecule has 2 rings (SSSR count). The van der Waals surface area contributed by atoms with E-state index in [1.54, 1.807) is 0 Å². The fourth-order valence-electron chi connectivity index (χ4n) is 2.16. The molecular formula is C15H19NO2. The molecule has 0 saturated heterocycles. The van der Waals surface area contributed by atoms with E-state index in [0.717, 1.165) is 24.8 Å². The van der Waals surface area contributed by atoms with E-state index < -0.39 is 0 Å². The molecule has 0 fully saturated rings. The standard InChI is InChI=1S/C15H19NO2/c1-12-6-5-9-14(10-12)16-15(17)18-11-13-7-3-2-4-8-13/h2-4,6-8,14H,5,9-11H2,1H3,(H,16,17). The largest absolute Gasteiger partial charge is 0.445 e. The van der Waals surface area contributed by atoms with Crippen molar-refractivity contribution < 1.29 is 9.53 Å². The van der Waals surface area contributed by atoms with Gasteiger partial charge in [-0.15, -0.1) is 0 Å².